The summed E-state index contributed by atoms with van der Waals surface area (Å²) in [7, 11) is -1.49. The number of hydrogen-bond acceptors (Lipinski definition) is 5. The molecule has 38 heavy (non-hydrogen) atoms. The summed E-state index contributed by atoms with van der Waals surface area (Å²) in [5, 5.41) is 1.75. The highest BCUT2D eigenvalue weighted by atomic mass is 79.9. The molecular weight excluding hydrogens is 588 g/mol. The minimum absolute atomic E-state index is 0.205. The molecule has 2 heterocycles. The van der Waals surface area contributed by atoms with E-state index in [9.17, 15) is 8.42 Å². The summed E-state index contributed by atoms with van der Waals surface area (Å²) in [5.41, 5.74) is 3.24. The zero-order valence-corrected chi connectivity index (χ0v) is 24.2. The van der Waals surface area contributed by atoms with Crippen LogP contribution in [-0.4, -0.2) is 58.1 Å². The Kier molecular flexibility index (Phi) is 8.30. The molecule has 1 aliphatic rings. The lowest BCUT2D eigenvalue weighted by atomic mass is 10.1. The molecule has 3 aromatic carbocycles. The Morgan fingerprint density at radius 1 is 1.00 bits per heavy atom. The Bertz CT molecular complexity index is 1520. The molecule has 0 bridgehead atoms. The van der Waals surface area contributed by atoms with Gasteiger partial charge in [0, 0.05) is 71.1 Å². The number of aryl methyl sites for hydroxylation is 1. The Hall–Kier alpha value is -2.56. The zero-order chi connectivity index (χ0) is 26.7. The number of aromatic nitrogens is 1. The highest BCUT2D eigenvalue weighted by Gasteiger charge is 2.17. The lowest BCUT2D eigenvalue weighted by molar-refractivity contribution is 0.312. The van der Waals surface area contributed by atoms with Crippen molar-refractivity contribution in [1.29, 1.82) is 0 Å². The summed E-state index contributed by atoms with van der Waals surface area (Å²) in [4.78, 5) is 8.09. The summed E-state index contributed by atoms with van der Waals surface area (Å²) < 4.78 is 35.3. The molecule has 200 valence electrons. The number of ether oxygens (including phenoxy) is 1. The molecule has 0 atom stereocenters. The predicted octanol–water partition coefficient (Wildman–Crippen LogP) is 6.04. The van der Waals surface area contributed by atoms with Crippen molar-refractivity contribution in [2.75, 3.05) is 44.7 Å². The van der Waals surface area contributed by atoms with E-state index in [2.05, 4.69) is 48.5 Å². The van der Waals surface area contributed by atoms with Crippen LogP contribution in [0.25, 0.3) is 10.9 Å². The lowest BCUT2D eigenvalue weighted by Gasteiger charge is -2.34. The predicted molar refractivity (Wildman–Crippen MR) is 157 cm³/mol. The minimum Gasteiger partial charge on any atom is -0.457 e. The van der Waals surface area contributed by atoms with Gasteiger partial charge in [-0.1, -0.05) is 27.5 Å². The molecule has 1 fully saturated rings. The first kappa shape index (κ1) is 27.0. The zero-order valence-electron chi connectivity index (χ0n) is 21.1. The molecule has 0 amide bonds. The summed E-state index contributed by atoms with van der Waals surface area (Å²) in [6.07, 6.45) is 3.35. The van der Waals surface area contributed by atoms with Gasteiger partial charge in [-0.15, -0.1) is 0 Å². The van der Waals surface area contributed by atoms with E-state index < -0.39 is 10.0 Å². The van der Waals surface area contributed by atoms with E-state index in [4.69, 9.17) is 16.3 Å². The fraction of sp³-hybridized carbons (Fsp3) is 0.286. The van der Waals surface area contributed by atoms with Crippen molar-refractivity contribution in [3.63, 3.8) is 0 Å². The molecule has 2 N–H and O–H groups in total. The SMILES string of the molecule is CN1CCN(c2cc(Br)cc(Oc3ccc(S(=O)(=O)NCCCc4c[nH]c5ccc(Cl)cc45)cc3)c2)CC1. The second kappa shape index (κ2) is 11.7. The molecule has 5 rings (SSSR count). The maximum absolute atomic E-state index is 12.8. The van der Waals surface area contributed by atoms with E-state index in [0.29, 0.717) is 29.5 Å². The third kappa shape index (κ3) is 6.52. The van der Waals surface area contributed by atoms with Gasteiger partial charge in [0.15, 0.2) is 0 Å². The monoisotopic (exact) mass is 616 g/mol. The Morgan fingerprint density at radius 2 is 1.76 bits per heavy atom. The summed E-state index contributed by atoms with van der Waals surface area (Å²) in [6, 6.07) is 18.2. The second-order valence-electron chi connectivity index (χ2n) is 9.51. The van der Waals surface area contributed by atoms with Gasteiger partial charge in [0.2, 0.25) is 10.0 Å². The van der Waals surface area contributed by atoms with E-state index in [-0.39, 0.29) is 4.90 Å². The van der Waals surface area contributed by atoms with Gasteiger partial charge in [0.25, 0.3) is 0 Å². The molecule has 7 nitrogen and oxygen atoms in total. The molecule has 0 radical (unpaired) electrons. The van der Waals surface area contributed by atoms with Gasteiger partial charge in [-0.05, 0) is 80.1 Å². The number of nitrogens with one attached hydrogen (secondary N) is 2. The van der Waals surface area contributed by atoms with Crippen LogP contribution in [0.3, 0.4) is 0 Å². The fourth-order valence-electron chi connectivity index (χ4n) is 4.60. The van der Waals surface area contributed by atoms with Crippen LogP contribution >= 0.6 is 27.5 Å². The van der Waals surface area contributed by atoms with Crippen molar-refractivity contribution < 1.29 is 13.2 Å². The second-order valence-corrected chi connectivity index (χ2v) is 12.6. The van der Waals surface area contributed by atoms with Crippen molar-refractivity contribution in [3.8, 4) is 11.5 Å². The minimum atomic E-state index is -3.63. The highest BCUT2D eigenvalue weighted by molar-refractivity contribution is 9.10. The van der Waals surface area contributed by atoms with Gasteiger partial charge in [0.05, 0.1) is 4.90 Å². The Labute approximate surface area is 236 Å². The largest absolute Gasteiger partial charge is 0.457 e. The number of rotatable bonds is 9. The van der Waals surface area contributed by atoms with Gasteiger partial charge < -0.3 is 19.5 Å². The number of hydrogen-bond donors (Lipinski definition) is 2. The number of nitrogens with zero attached hydrogens (tertiary/aromatic N) is 2. The summed E-state index contributed by atoms with van der Waals surface area (Å²) in [5.74, 6) is 1.27. The Balaban J connectivity index is 1.17. The average Bonchev–Trinajstić information content (AvgIpc) is 3.29. The van der Waals surface area contributed by atoms with E-state index in [1.54, 1.807) is 24.3 Å². The smallest absolute Gasteiger partial charge is 0.240 e. The number of likely N-dealkylation sites (N-methyl/N-ethyl adjacent to an activating group) is 1. The topological polar surface area (TPSA) is 77.7 Å². The van der Waals surface area contributed by atoms with Crippen molar-refractivity contribution in [2.24, 2.45) is 0 Å². The third-order valence-corrected chi connectivity index (χ3v) is 8.91. The first-order valence-electron chi connectivity index (χ1n) is 12.5. The molecule has 0 unspecified atom stereocenters. The summed E-state index contributed by atoms with van der Waals surface area (Å²) in [6.45, 7) is 4.29. The molecule has 10 heteroatoms. The van der Waals surface area contributed by atoms with Crippen molar-refractivity contribution in [3.05, 3.63) is 81.9 Å². The number of benzene rings is 3. The van der Waals surface area contributed by atoms with Gasteiger partial charge in [0.1, 0.15) is 11.5 Å². The standard InChI is InChI=1S/C28H30BrClN4O3S/c1-33-11-13-34(14-12-33)23-15-21(29)16-25(18-23)37-24-5-7-26(8-6-24)38(35,36)32-10-2-3-20-19-31-28-9-4-22(30)17-27(20)28/h4-9,15-19,31-32H,2-3,10-14H2,1H3. The number of halogens is 2. The van der Waals surface area contributed by atoms with E-state index in [0.717, 1.165) is 59.2 Å². The number of piperazine rings is 1. The van der Waals surface area contributed by atoms with Crippen LogP contribution in [-0.2, 0) is 16.4 Å². The molecule has 4 aromatic rings. The van der Waals surface area contributed by atoms with Crippen LogP contribution in [0.5, 0.6) is 11.5 Å². The van der Waals surface area contributed by atoms with Crippen molar-refractivity contribution in [2.45, 2.75) is 17.7 Å². The van der Waals surface area contributed by atoms with Crippen LogP contribution in [0, 0.1) is 0 Å². The fourth-order valence-corrected chi connectivity index (χ4v) is 6.31. The van der Waals surface area contributed by atoms with Gasteiger partial charge in [-0.2, -0.15) is 0 Å². The quantitative estimate of drug-likeness (QED) is 0.224. The number of fused-ring (bicyclic) bond motifs is 1. The molecule has 0 aliphatic carbocycles. The van der Waals surface area contributed by atoms with Crippen molar-refractivity contribution >= 4 is 54.1 Å². The first-order valence-corrected chi connectivity index (χ1v) is 15.2. The highest BCUT2D eigenvalue weighted by Crippen LogP contribution is 2.31. The average molecular weight is 618 g/mol. The molecular formula is C28H30BrClN4O3S. The van der Waals surface area contributed by atoms with Crippen LogP contribution < -0.4 is 14.4 Å². The number of aromatic amines is 1. The van der Waals surface area contributed by atoms with E-state index in [1.165, 1.54) is 0 Å². The normalized spacial score (nSPS) is 14.8. The Morgan fingerprint density at radius 3 is 2.53 bits per heavy atom. The lowest BCUT2D eigenvalue weighted by Crippen LogP contribution is -2.44. The van der Waals surface area contributed by atoms with Crippen molar-refractivity contribution in [1.82, 2.24) is 14.6 Å². The van der Waals surface area contributed by atoms with Gasteiger partial charge in [-0.3, -0.25) is 0 Å². The van der Waals surface area contributed by atoms with E-state index in [1.807, 2.05) is 36.5 Å². The maximum Gasteiger partial charge on any atom is 0.240 e. The molecule has 0 spiro atoms. The third-order valence-electron chi connectivity index (χ3n) is 6.74. The first-order chi connectivity index (χ1) is 18.3. The van der Waals surface area contributed by atoms with Gasteiger partial charge >= 0.3 is 0 Å². The number of H-pyrrole nitrogens is 1. The molecule has 1 saturated heterocycles. The van der Waals surface area contributed by atoms with Crippen LogP contribution in [0.15, 0.2) is 76.2 Å². The van der Waals surface area contributed by atoms with E-state index >= 15 is 0 Å². The summed E-state index contributed by atoms with van der Waals surface area (Å²) >= 11 is 9.71. The number of anilines is 1. The molecule has 0 saturated carbocycles. The van der Waals surface area contributed by atoms with Crippen LogP contribution in [0.4, 0.5) is 5.69 Å². The van der Waals surface area contributed by atoms with Gasteiger partial charge in [-0.25, -0.2) is 13.1 Å². The molecule has 1 aliphatic heterocycles. The molecule has 1 aromatic heterocycles. The maximum atomic E-state index is 12.8. The van der Waals surface area contributed by atoms with Crippen LogP contribution in [0.2, 0.25) is 5.02 Å². The van der Waals surface area contributed by atoms with Crippen LogP contribution in [0.1, 0.15) is 12.0 Å². The number of sulfonamides is 1.